The Hall–Kier alpha value is -2.00. The number of hydrogen-bond acceptors (Lipinski definition) is 5. The van der Waals surface area contributed by atoms with Gasteiger partial charge in [-0.25, -0.2) is 4.79 Å². The molecule has 10 heteroatoms. The second-order valence-electron chi connectivity index (χ2n) is 8.05. The van der Waals surface area contributed by atoms with Gasteiger partial charge >= 0.3 is 5.97 Å². The molecule has 4 atom stereocenters. The van der Waals surface area contributed by atoms with E-state index in [1.165, 1.54) is 24.4 Å². The minimum atomic E-state index is -0.695. The zero-order valence-corrected chi connectivity index (χ0v) is 21.4. The molecule has 1 saturated carbocycles. The Morgan fingerprint density at radius 3 is 2.36 bits per heavy atom. The van der Waals surface area contributed by atoms with Crippen LogP contribution < -0.4 is 4.74 Å². The number of rotatable bonds is 4. The summed E-state index contributed by atoms with van der Waals surface area (Å²) in [5.41, 5.74) is 0.521. The van der Waals surface area contributed by atoms with Crippen LogP contribution in [0.3, 0.4) is 0 Å². The summed E-state index contributed by atoms with van der Waals surface area (Å²) in [6.07, 6.45) is 6.23. The number of carbonyl (C=O) groups is 3. The van der Waals surface area contributed by atoms with Crippen LogP contribution in [0.4, 0.5) is 0 Å². The fraction of sp³-hybridized carbons (Fsp3) is 0.217. The number of carbonyl (C=O) groups excluding carboxylic acids is 3. The Bertz CT molecular complexity index is 1250. The lowest BCUT2D eigenvalue weighted by atomic mass is 9.85. The van der Waals surface area contributed by atoms with Gasteiger partial charge in [-0.15, -0.1) is 0 Å². The smallest absolute Gasteiger partial charge is 0.345 e. The average molecular weight is 613 g/mol. The van der Waals surface area contributed by atoms with Crippen LogP contribution in [-0.2, 0) is 9.59 Å². The molecular weight excluding hydrogens is 599 g/mol. The molecule has 2 fully saturated rings. The van der Waals surface area contributed by atoms with Crippen LogP contribution in [0.15, 0.2) is 56.5 Å². The Morgan fingerprint density at radius 1 is 1.06 bits per heavy atom. The van der Waals surface area contributed by atoms with Crippen LogP contribution >= 0.6 is 55.1 Å². The SMILES string of the molecule is O=C(Oc1c(Br)cc(Br)cc1C=NN1C(=O)[C@@H]2[C@H](C1=O)[C@H]1C=C[C@H]2C1)c1ccc(Cl)cc1Cl. The van der Waals surface area contributed by atoms with E-state index in [1.54, 1.807) is 12.1 Å². The summed E-state index contributed by atoms with van der Waals surface area (Å²) in [7, 11) is 0. The summed E-state index contributed by atoms with van der Waals surface area (Å²) in [5.74, 6) is -1.61. The van der Waals surface area contributed by atoms with Crippen molar-refractivity contribution >= 4 is 79.1 Å². The van der Waals surface area contributed by atoms with Gasteiger partial charge in [0, 0.05) is 15.1 Å². The predicted octanol–water partition coefficient (Wildman–Crippen LogP) is 5.88. The monoisotopic (exact) mass is 610 g/mol. The van der Waals surface area contributed by atoms with Gasteiger partial charge in [0.1, 0.15) is 0 Å². The minimum absolute atomic E-state index is 0.0947. The molecule has 0 spiro atoms. The topological polar surface area (TPSA) is 76.0 Å². The summed E-state index contributed by atoms with van der Waals surface area (Å²) in [6.45, 7) is 0. The summed E-state index contributed by atoms with van der Waals surface area (Å²) in [6, 6.07) is 7.81. The molecule has 3 aliphatic rings. The normalized spacial score (nSPS) is 25.4. The van der Waals surface area contributed by atoms with E-state index < -0.39 is 5.97 Å². The van der Waals surface area contributed by atoms with Crippen LogP contribution in [0.2, 0.25) is 10.0 Å². The van der Waals surface area contributed by atoms with Gasteiger partial charge in [0.15, 0.2) is 5.75 Å². The number of hydrogen-bond donors (Lipinski definition) is 0. The quantitative estimate of drug-likeness (QED) is 0.142. The highest BCUT2D eigenvalue weighted by Crippen LogP contribution is 2.52. The van der Waals surface area contributed by atoms with Gasteiger partial charge in [-0.1, -0.05) is 51.3 Å². The Labute approximate surface area is 215 Å². The molecule has 0 N–H and O–H groups in total. The van der Waals surface area contributed by atoms with Crippen molar-refractivity contribution in [1.29, 1.82) is 0 Å². The molecule has 0 aromatic heterocycles. The number of esters is 1. The maximum absolute atomic E-state index is 12.9. The highest BCUT2D eigenvalue weighted by molar-refractivity contribution is 9.11. The van der Waals surface area contributed by atoms with Gasteiger partial charge < -0.3 is 4.74 Å². The van der Waals surface area contributed by atoms with Crippen molar-refractivity contribution in [1.82, 2.24) is 5.01 Å². The lowest BCUT2D eigenvalue weighted by molar-refractivity contribution is -0.140. The van der Waals surface area contributed by atoms with E-state index in [2.05, 4.69) is 37.0 Å². The number of imide groups is 1. The Morgan fingerprint density at radius 2 is 1.73 bits per heavy atom. The number of amides is 2. The molecule has 0 radical (unpaired) electrons. The highest BCUT2D eigenvalue weighted by atomic mass is 79.9. The third-order valence-electron chi connectivity index (χ3n) is 6.14. The van der Waals surface area contributed by atoms with Gasteiger partial charge in [-0.05, 0) is 64.5 Å². The molecule has 2 aliphatic carbocycles. The summed E-state index contributed by atoms with van der Waals surface area (Å²) < 4.78 is 6.75. The molecule has 33 heavy (non-hydrogen) atoms. The second kappa shape index (κ2) is 8.65. The van der Waals surface area contributed by atoms with Crippen molar-refractivity contribution in [3.8, 4) is 5.75 Å². The lowest BCUT2D eigenvalue weighted by Crippen LogP contribution is -2.28. The molecule has 168 valence electrons. The van der Waals surface area contributed by atoms with Gasteiger partial charge in [0.25, 0.3) is 11.8 Å². The first-order valence-electron chi connectivity index (χ1n) is 10.0. The maximum atomic E-state index is 12.9. The van der Waals surface area contributed by atoms with E-state index in [-0.39, 0.29) is 51.8 Å². The van der Waals surface area contributed by atoms with Crippen molar-refractivity contribution in [3.05, 3.63) is 72.6 Å². The Balaban J connectivity index is 1.43. The molecular formula is C23H14Br2Cl2N2O4. The first-order valence-corrected chi connectivity index (χ1v) is 12.3. The van der Waals surface area contributed by atoms with E-state index in [0.717, 1.165) is 11.4 Å². The number of fused-ring (bicyclic) bond motifs is 5. The minimum Gasteiger partial charge on any atom is -0.421 e. The number of nitrogens with zero attached hydrogens (tertiary/aromatic N) is 2. The third kappa shape index (κ3) is 3.97. The maximum Gasteiger partial charge on any atom is 0.345 e. The molecule has 2 aromatic rings. The first kappa shape index (κ1) is 22.8. The van der Waals surface area contributed by atoms with Crippen molar-refractivity contribution in [2.75, 3.05) is 0 Å². The van der Waals surface area contributed by atoms with E-state index in [1.807, 2.05) is 12.2 Å². The van der Waals surface area contributed by atoms with Crippen molar-refractivity contribution < 1.29 is 19.1 Å². The molecule has 1 saturated heterocycles. The average Bonchev–Trinajstić information content (AvgIpc) is 3.43. The van der Waals surface area contributed by atoms with E-state index >= 15 is 0 Å². The van der Waals surface area contributed by atoms with Gasteiger partial charge in [-0.3, -0.25) is 9.59 Å². The van der Waals surface area contributed by atoms with Crippen LogP contribution in [0.1, 0.15) is 22.3 Å². The fourth-order valence-electron chi connectivity index (χ4n) is 4.71. The molecule has 6 nitrogen and oxygen atoms in total. The van der Waals surface area contributed by atoms with Gasteiger partial charge in [-0.2, -0.15) is 10.1 Å². The number of benzene rings is 2. The second-order valence-corrected chi connectivity index (χ2v) is 10.7. The molecule has 1 heterocycles. The summed E-state index contributed by atoms with van der Waals surface area (Å²) >= 11 is 18.8. The molecule has 5 rings (SSSR count). The highest BCUT2D eigenvalue weighted by Gasteiger charge is 2.59. The molecule has 0 unspecified atom stereocenters. The molecule has 2 aromatic carbocycles. The number of hydrazone groups is 1. The van der Waals surface area contributed by atoms with Crippen molar-refractivity contribution in [3.63, 3.8) is 0 Å². The first-order chi connectivity index (χ1) is 15.7. The number of halogens is 4. The van der Waals surface area contributed by atoms with E-state index in [9.17, 15) is 14.4 Å². The van der Waals surface area contributed by atoms with Crippen LogP contribution in [-0.4, -0.2) is 29.0 Å². The largest absolute Gasteiger partial charge is 0.421 e. The standard InChI is InChI=1S/C23H14Br2Cl2N2O4/c24-13-6-12(9-28-29-21(30)18-10-1-2-11(5-10)19(18)22(29)31)20(16(25)7-13)33-23(32)15-4-3-14(26)8-17(15)27/h1-4,6-11,18-19H,5H2/t10-,11-,18-,19+/m0/s1. The van der Waals surface area contributed by atoms with Crippen molar-refractivity contribution in [2.45, 2.75) is 6.42 Å². The number of ether oxygens (including phenoxy) is 1. The number of allylic oxidation sites excluding steroid dienone is 2. The summed E-state index contributed by atoms with van der Waals surface area (Å²) in [4.78, 5) is 38.5. The van der Waals surface area contributed by atoms with Gasteiger partial charge in [0.2, 0.25) is 0 Å². The van der Waals surface area contributed by atoms with Gasteiger partial charge in [0.05, 0.1) is 33.1 Å². The van der Waals surface area contributed by atoms with Crippen LogP contribution in [0, 0.1) is 23.7 Å². The zero-order chi connectivity index (χ0) is 23.4. The van der Waals surface area contributed by atoms with Crippen LogP contribution in [0.25, 0.3) is 0 Å². The molecule has 2 bridgehead atoms. The summed E-state index contributed by atoms with van der Waals surface area (Å²) in [5, 5.41) is 5.68. The molecule has 1 aliphatic heterocycles. The fourth-order valence-corrected chi connectivity index (χ4v) is 6.53. The lowest BCUT2D eigenvalue weighted by Gasteiger charge is -2.13. The van der Waals surface area contributed by atoms with E-state index in [4.69, 9.17) is 27.9 Å². The van der Waals surface area contributed by atoms with Crippen LogP contribution in [0.5, 0.6) is 5.75 Å². The Kier molecular flexibility index (Phi) is 5.97. The predicted molar refractivity (Wildman–Crippen MR) is 130 cm³/mol. The zero-order valence-electron chi connectivity index (χ0n) is 16.7. The van der Waals surface area contributed by atoms with Crippen molar-refractivity contribution in [2.24, 2.45) is 28.8 Å². The third-order valence-corrected chi connectivity index (χ3v) is 7.74. The van der Waals surface area contributed by atoms with E-state index in [0.29, 0.717) is 19.5 Å². The molecule has 2 amide bonds.